The highest BCUT2D eigenvalue weighted by Crippen LogP contribution is 2.10. The van der Waals surface area contributed by atoms with Crippen LogP contribution in [0.25, 0.3) is 0 Å². The van der Waals surface area contributed by atoms with Gasteiger partial charge in [0.2, 0.25) is 0 Å². The number of halogens is 1. The van der Waals surface area contributed by atoms with E-state index in [-0.39, 0.29) is 24.3 Å². The van der Waals surface area contributed by atoms with Gasteiger partial charge in [-0.15, -0.1) is 0 Å². The second-order valence-corrected chi connectivity index (χ2v) is 5.41. The van der Waals surface area contributed by atoms with E-state index in [4.69, 9.17) is 0 Å². The highest BCUT2D eigenvalue weighted by molar-refractivity contribution is 5.73. The first-order valence-electron chi connectivity index (χ1n) is 7.38. The van der Waals surface area contributed by atoms with Crippen LogP contribution in [-0.2, 0) is 6.42 Å². The molecule has 5 heteroatoms. The topological polar surface area (TPSA) is 61.4 Å². The Kier molecular flexibility index (Phi) is 7.15. The number of aliphatic hydroxyl groups is 1. The van der Waals surface area contributed by atoms with E-state index < -0.39 is 6.10 Å². The lowest BCUT2D eigenvalue weighted by atomic mass is 10.0. The summed E-state index contributed by atoms with van der Waals surface area (Å²) in [5.74, 6) is -0.0897. The van der Waals surface area contributed by atoms with Crippen molar-refractivity contribution in [3.05, 3.63) is 35.1 Å². The van der Waals surface area contributed by atoms with Crippen LogP contribution in [0, 0.1) is 18.7 Å². The Morgan fingerprint density at radius 1 is 1.38 bits per heavy atom. The van der Waals surface area contributed by atoms with Crippen LogP contribution in [0.2, 0.25) is 0 Å². The predicted molar refractivity (Wildman–Crippen MR) is 81.7 cm³/mol. The Labute approximate surface area is 125 Å². The minimum Gasteiger partial charge on any atom is -0.391 e. The number of urea groups is 1. The standard InChI is InChI=1S/C16H25FN2O2/c1-4-11(2)15(20)10-19-16(21)18-8-7-13-5-6-14(17)9-12(13)3/h5-6,9,11,15,20H,4,7-8,10H2,1-3H3,(H2,18,19,21). The Hall–Kier alpha value is -1.62. The van der Waals surface area contributed by atoms with E-state index in [0.29, 0.717) is 13.0 Å². The Morgan fingerprint density at radius 2 is 2.10 bits per heavy atom. The summed E-state index contributed by atoms with van der Waals surface area (Å²) in [6, 6.07) is 4.34. The van der Waals surface area contributed by atoms with Crippen LogP contribution in [0.5, 0.6) is 0 Å². The van der Waals surface area contributed by atoms with E-state index in [1.807, 2.05) is 20.8 Å². The maximum Gasteiger partial charge on any atom is 0.314 e. The number of aliphatic hydroxyl groups excluding tert-OH is 1. The summed E-state index contributed by atoms with van der Waals surface area (Å²) >= 11 is 0. The van der Waals surface area contributed by atoms with E-state index in [2.05, 4.69) is 10.6 Å². The normalized spacial score (nSPS) is 13.6. The van der Waals surface area contributed by atoms with Crippen molar-refractivity contribution in [3.8, 4) is 0 Å². The van der Waals surface area contributed by atoms with Crippen LogP contribution in [0.3, 0.4) is 0 Å². The van der Waals surface area contributed by atoms with E-state index >= 15 is 0 Å². The number of aryl methyl sites for hydroxylation is 1. The second kappa shape index (κ2) is 8.62. The van der Waals surface area contributed by atoms with Crippen LogP contribution >= 0.6 is 0 Å². The van der Waals surface area contributed by atoms with E-state index in [9.17, 15) is 14.3 Å². The van der Waals surface area contributed by atoms with Gasteiger partial charge < -0.3 is 15.7 Å². The zero-order valence-corrected chi connectivity index (χ0v) is 12.9. The smallest absolute Gasteiger partial charge is 0.314 e. The second-order valence-electron chi connectivity index (χ2n) is 5.41. The van der Waals surface area contributed by atoms with Crippen LogP contribution < -0.4 is 10.6 Å². The molecule has 1 rings (SSSR count). The van der Waals surface area contributed by atoms with E-state index in [0.717, 1.165) is 17.5 Å². The summed E-state index contributed by atoms with van der Waals surface area (Å²) in [6.07, 6.45) is 0.988. The van der Waals surface area contributed by atoms with E-state index in [1.54, 1.807) is 6.07 Å². The molecular weight excluding hydrogens is 271 g/mol. The van der Waals surface area contributed by atoms with Crippen molar-refractivity contribution in [1.82, 2.24) is 10.6 Å². The van der Waals surface area contributed by atoms with Gasteiger partial charge in [0.05, 0.1) is 6.10 Å². The quantitative estimate of drug-likeness (QED) is 0.723. The Balaban J connectivity index is 2.27. The molecule has 1 aromatic carbocycles. The molecule has 4 nitrogen and oxygen atoms in total. The minimum absolute atomic E-state index is 0.159. The first kappa shape index (κ1) is 17.4. The van der Waals surface area contributed by atoms with Gasteiger partial charge in [0.25, 0.3) is 0 Å². The van der Waals surface area contributed by atoms with Crippen molar-refractivity contribution >= 4 is 6.03 Å². The molecule has 0 aliphatic carbocycles. The fraction of sp³-hybridized carbons (Fsp3) is 0.562. The minimum atomic E-state index is -0.528. The number of rotatable bonds is 7. The molecule has 0 spiro atoms. The zero-order valence-electron chi connectivity index (χ0n) is 12.9. The molecule has 0 aromatic heterocycles. The number of hydrogen-bond acceptors (Lipinski definition) is 2. The lowest BCUT2D eigenvalue weighted by Gasteiger charge is -2.17. The summed E-state index contributed by atoms with van der Waals surface area (Å²) in [6.45, 7) is 6.51. The van der Waals surface area contributed by atoms with Gasteiger partial charge in [-0.25, -0.2) is 9.18 Å². The monoisotopic (exact) mass is 296 g/mol. The van der Waals surface area contributed by atoms with Gasteiger partial charge in [0.15, 0.2) is 0 Å². The van der Waals surface area contributed by atoms with Gasteiger partial charge in [0, 0.05) is 13.1 Å². The summed E-state index contributed by atoms with van der Waals surface area (Å²) in [7, 11) is 0. The van der Waals surface area contributed by atoms with Crippen molar-refractivity contribution in [1.29, 1.82) is 0 Å². The lowest BCUT2D eigenvalue weighted by molar-refractivity contribution is 0.114. The summed E-state index contributed by atoms with van der Waals surface area (Å²) in [4.78, 5) is 11.6. The molecule has 2 amide bonds. The largest absolute Gasteiger partial charge is 0.391 e. The molecule has 21 heavy (non-hydrogen) atoms. The highest BCUT2D eigenvalue weighted by atomic mass is 19.1. The Morgan fingerprint density at radius 3 is 2.71 bits per heavy atom. The fourth-order valence-corrected chi connectivity index (χ4v) is 1.98. The third-order valence-electron chi connectivity index (χ3n) is 3.76. The van der Waals surface area contributed by atoms with Gasteiger partial charge in [0.1, 0.15) is 5.82 Å². The molecule has 0 aliphatic heterocycles. The average molecular weight is 296 g/mol. The van der Waals surface area contributed by atoms with E-state index in [1.165, 1.54) is 12.1 Å². The van der Waals surface area contributed by atoms with Crippen molar-refractivity contribution in [2.45, 2.75) is 39.7 Å². The van der Waals surface area contributed by atoms with Crippen molar-refractivity contribution in [3.63, 3.8) is 0 Å². The first-order chi connectivity index (χ1) is 9.93. The average Bonchev–Trinajstić information content (AvgIpc) is 2.46. The number of amides is 2. The van der Waals surface area contributed by atoms with Crippen LogP contribution in [0.4, 0.5) is 9.18 Å². The molecule has 0 saturated heterocycles. The SMILES string of the molecule is CCC(C)C(O)CNC(=O)NCCc1ccc(F)cc1C. The number of carbonyl (C=O) groups is 1. The molecular formula is C16H25FN2O2. The van der Waals surface area contributed by atoms with Crippen molar-refractivity contribution in [2.75, 3.05) is 13.1 Å². The molecule has 0 bridgehead atoms. The highest BCUT2D eigenvalue weighted by Gasteiger charge is 2.13. The molecule has 0 saturated carbocycles. The van der Waals surface area contributed by atoms with Crippen molar-refractivity contribution < 1.29 is 14.3 Å². The lowest BCUT2D eigenvalue weighted by Crippen LogP contribution is -2.42. The molecule has 3 N–H and O–H groups in total. The maximum atomic E-state index is 13.0. The summed E-state index contributed by atoms with van der Waals surface area (Å²) in [5, 5.41) is 15.1. The molecule has 118 valence electrons. The third kappa shape index (κ3) is 6.12. The predicted octanol–water partition coefficient (Wildman–Crippen LogP) is 2.38. The molecule has 0 aliphatic rings. The molecule has 0 fully saturated rings. The zero-order chi connectivity index (χ0) is 15.8. The Bertz CT molecular complexity index is 466. The number of carbonyl (C=O) groups excluding carboxylic acids is 1. The van der Waals surface area contributed by atoms with Gasteiger partial charge in [-0.2, -0.15) is 0 Å². The molecule has 1 aromatic rings. The summed E-state index contributed by atoms with van der Waals surface area (Å²) in [5.41, 5.74) is 1.89. The third-order valence-corrected chi connectivity index (χ3v) is 3.76. The first-order valence-corrected chi connectivity index (χ1v) is 7.38. The summed E-state index contributed by atoms with van der Waals surface area (Å²) < 4.78 is 13.0. The van der Waals surface area contributed by atoms with Crippen LogP contribution in [0.15, 0.2) is 18.2 Å². The number of hydrogen-bond donors (Lipinski definition) is 3. The molecule has 0 radical (unpaired) electrons. The number of nitrogens with one attached hydrogen (secondary N) is 2. The fourth-order valence-electron chi connectivity index (χ4n) is 1.98. The van der Waals surface area contributed by atoms with Crippen molar-refractivity contribution in [2.24, 2.45) is 5.92 Å². The molecule has 2 unspecified atom stereocenters. The molecule has 2 atom stereocenters. The van der Waals surface area contributed by atoms with Gasteiger partial charge in [-0.1, -0.05) is 26.3 Å². The van der Waals surface area contributed by atoms with Gasteiger partial charge >= 0.3 is 6.03 Å². The maximum absolute atomic E-state index is 13.0. The van der Waals surface area contributed by atoms with Gasteiger partial charge in [-0.3, -0.25) is 0 Å². The molecule has 0 heterocycles. The van der Waals surface area contributed by atoms with Crippen LogP contribution in [-0.4, -0.2) is 30.3 Å². The number of benzene rings is 1. The van der Waals surface area contributed by atoms with Gasteiger partial charge in [-0.05, 0) is 42.5 Å². The van der Waals surface area contributed by atoms with Crippen LogP contribution in [0.1, 0.15) is 31.4 Å².